The number of carboxylic acid groups (broad SMARTS) is 1. The Morgan fingerprint density at radius 3 is 2.81 bits per heavy atom. The number of nitrogens with zero attached hydrogens (tertiary/aromatic N) is 2. The predicted octanol–water partition coefficient (Wildman–Crippen LogP) is 1.38. The highest BCUT2D eigenvalue weighted by atomic mass is 16.4. The molecule has 3 amide bonds. The van der Waals surface area contributed by atoms with Crippen LogP contribution in [0.2, 0.25) is 0 Å². The fourth-order valence-corrected chi connectivity index (χ4v) is 2.28. The van der Waals surface area contributed by atoms with Crippen LogP contribution >= 0.6 is 0 Å². The summed E-state index contributed by atoms with van der Waals surface area (Å²) in [6, 6.07) is 5.76. The van der Waals surface area contributed by atoms with Crippen LogP contribution in [0.15, 0.2) is 30.5 Å². The number of aromatic nitrogens is 1. The molecule has 2 aromatic rings. The van der Waals surface area contributed by atoms with Crippen molar-refractivity contribution < 1.29 is 19.5 Å². The van der Waals surface area contributed by atoms with Crippen molar-refractivity contribution in [1.82, 2.24) is 10.3 Å². The Labute approximate surface area is 119 Å². The van der Waals surface area contributed by atoms with Gasteiger partial charge in [0.1, 0.15) is 5.82 Å². The first-order chi connectivity index (χ1) is 10.1. The monoisotopic (exact) mass is 285 g/mol. The number of carboxylic acids is 1. The summed E-state index contributed by atoms with van der Waals surface area (Å²) in [7, 11) is 0. The molecule has 0 spiro atoms. The lowest BCUT2D eigenvalue weighted by Crippen LogP contribution is -2.50. The van der Waals surface area contributed by atoms with Gasteiger partial charge < -0.3 is 5.11 Å². The molecule has 106 valence electrons. The first kappa shape index (κ1) is 13.0. The third-order valence-electron chi connectivity index (χ3n) is 3.30. The number of carbonyl (C=O) groups excluding carboxylic acids is 2. The van der Waals surface area contributed by atoms with E-state index in [2.05, 4.69) is 10.3 Å². The second kappa shape index (κ2) is 4.86. The van der Waals surface area contributed by atoms with Gasteiger partial charge in [0.25, 0.3) is 0 Å². The molecule has 1 aliphatic rings. The molecule has 0 bridgehead atoms. The summed E-state index contributed by atoms with van der Waals surface area (Å²) in [6.07, 6.45) is 1.71. The zero-order chi connectivity index (χ0) is 15.0. The number of anilines is 1. The van der Waals surface area contributed by atoms with Crippen molar-refractivity contribution >= 4 is 34.5 Å². The lowest BCUT2D eigenvalue weighted by atomic mass is 10.1. The molecular formula is C14H11N3O4. The molecule has 0 saturated carbocycles. The third-order valence-corrected chi connectivity index (χ3v) is 3.30. The molecule has 1 aliphatic heterocycles. The van der Waals surface area contributed by atoms with E-state index >= 15 is 0 Å². The van der Waals surface area contributed by atoms with Gasteiger partial charge in [-0.25, -0.2) is 14.6 Å². The molecule has 2 heterocycles. The average Bonchev–Trinajstić information content (AvgIpc) is 2.46. The van der Waals surface area contributed by atoms with Crippen molar-refractivity contribution in [2.45, 2.75) is 6.42 Å². The molecular weight excluding hydrogens is 274 g/mol. The highest BCUT2D eigenvalue weighted by Crippen LogP contribution is 2.26. The first-order valence-corrected chi connectivity index (χ1v) is 6.29. The molecule has 21 heavy (non-hydrogen) atoms. The highest BCUT2D eigenvalue weighted by Gasteiger charge is 2.26. The Morgan fingerprint density at radius 1 is 1.29 bits per heavy atom. The van der Waals surface area contributed by atoms with Gasteiger partial charge >= 0.3 is 12.0 Å². The summed E-state index contributed by atoms with van der Waals surface area (Å²) in [6.45, 7) is 0.247. The maximum absolute atomic E-state index is 11.9. The van der Waals surface area contributed by atoms with Gasteiger partial charge in [-0.05, 0) is 29.7 Å². The van der Waals surface area contributed by atoms with Crippen molar-refractivity contribution in [3.05, 3.63) is 36.0 Å². The molecule has 1 saturated heterocycles. The lowest BCUT2D eigenvalue weighted by molar-refractivity contribution is -0.120. The molecule has 7 heteroatoms. The number of imide groups is 1. The maximum atomic E-state index is 11.9. The molecule has 1 aromatic heterocycles. The Kier molecular flexibility index (Phi) is 3.02. The summed E-state index contributed by atoms with van der Waals surface area (Å²) in [4.78, 5) is 39.6. The first-order valence-electron chi connectivity index (χ1n) is 6.29. The summed E-state index contributed by atoms with van der Waals surface area (Å²) >= 11 is 0. The van der Waals surface area contributed by atoms with Gasteiger partial charge in [0.2, 0.25) is 5.91 Å². The van der Waals surface area contributed by atoms with E-state index < -0.39 is 12.0 Å². The Balaban J connectivity index is 2.09. The van der Waals surface area contributed by atoms with Crippen LogP contribution in [0, 0.1) is 0 Å². The van der Waals surface area contributed by atoms with E-state index in [0.717, 1.165) is 0 Å². The van der Waals surface area contributed by atoms with Crippen molar-refractivity contribution in [3.63, 3.8) is 0 Å². The molecule has 1 aromatic carbocycles. The summed E-state index contributed by atoms with van der Waals surface area (Å²) in [5, 5.41) is 12.6. The Morgan fingerprint density at radius 2 is 2.10 bits per heavy atom. The fourth-order valence-electron chi connectivity index (χ4n) is 2.28. The maximum Gasteiger partial charge on any atom is 0.335 e. The molecule has 0 radical (unpaired) electrons. The fraction of sp³-hybridized carbons (Fsp3) is 0.143. The Bertz CT molecular complexity index is 772. The van der Waals surface area contributed by atoms with Crippen LogP contribution in [0.4, 0.5) is 10.6 Å². The molecule has 2 N–H and O–H groups in total. The third kappa shape index (κ3) is 2.29. The molecule has 1 fully saturated rings. The molecule has 3 rings (SSSR count). The SMILES string of the molecule is O=C1CCN(c2nccc3cc(C(=O)O)ccc23)C(=O)N1. The van der Waals surface area contributed by atoms with E-state index in [4.69, 9.17) is 5.11 Å². The van der Waals surface area contributed by atoms with Gasteiger partial charge in [-0.2, -0.15) is 0 Å². The van der Waals surface area contributed by atoms with Crippen LogP contribution in [0.25, 0.3) is 10.8 Å². The smallest absolute Gasteiger partial charge is 0.335 e. The van der Waals surface area contributed by atoms with E-state index in [1.165, 1.54) is 23.2 Å². The summed E-state index contributed by atoms with van der Waals surface area (Å²) in [5.74, 6) is -0.921. The van der Waals surface area contributed by atoms with E-state index in [9.17, 15) is 14.4 Å². The predicted molar refractivity (Wildman–Crippen MR) is 74.2 cm³/mol. The largest absolute Gasteiger partial charge is 0.478 e. The van der Waals surface area contributed by atoms with Crippen LogP contribution < -0.4 is 10.2 Å². The number of fused-ring (bicyclic) bond motifs is 1. The van der Waals surface area contributed by atoms with Crippen LogP contribution in [0.3, 0.4) is 0 Å². The van der Waals surface area contributed by atoms with E-state index in [1.807, 2.05) is 0 Å². The van der Waals surface area contributed by atoms with Gasteiger partial charge in [0, 0.05) is 24.5 Å². The van der Waals surface area contributed by atoms with E-state index in [-0.39, 0.29) is 24.4 Å². The highest BCUT2D eigenvalue weighted by molar-refractivity contribution is 6.09. The minimum absolute atomic E-state index is 0.165. The standard InChI is InChI=1S/C14H11N3O4/c18-11-4-6-17(14(21)16-11)12-10-2-1-9(13(19)20)7-8(10)3-5-15-12/h1-3,5,7H,4,6H2,(H,19,20)(H,16,18,21). The zero-order valence-corrected chi connectivity index (χ0v) is 10.9. The van der Waals surface area contributed by atoms with E-state index in [0.29, 0.717) is 16.6 Å². The summed E-state index contributed by atoms with van der Waals surface area (Å²) < 4.78 is 0. The van der Waals surface area contributed by atoms with E-state index in [1.54, 1.807) is 12.1 Å². The number of amides is 3. The quantitative estimate of drug-likeness (QED) is 0.868. The summed E-state index contributed by atoms with van der Waals surface area (Å²) in [5.41, 5.74) is 0.165. The number of aromatic carboxylic acids is 1. The molecule has 0 unspecified atom stereocenters. The minimum Gasteiger partial charge on any atom is -0.478 e. The van der Waals surface area contributed by atoms with Crippen molar-refractivity contribution in [2.24, 2.45) is 0 Å². The number of pyridine rings is 1. The van der Waals surface area contributed by atoms with Crippen LogP contribution in [0.1, 0.15) is 16.8 Å². The minimum atomic E-state index is -1.02. The van der Waals surface area contributed by atoms with Crippen LogP contribution in [0.5, 0.6) is 0 Å². The number of rotatable bonds is 2. The van der Waals surface area contributed by atoms with Gasteiger partial charge in [-0.3, -0.25) is 15.0 Å². The van der Waals surface area contributed by atoms with Crippen LogP contribution in [-0.2, 0) is 4.79 Å². The number of carbonyl (C=O) groups is 3. The lowest BCUT2D eigenvalue weighted by Gasteiger charge is -2.26. The second-order valence-electron chi connectivity index (χ2n) is 4.63. The molecule has 0 atom stereocenters. The average molecular weight is 285 g/mol. The van der Waals surface area contributed by atoms with Crippen molar-refractivity contribution in [2.75, 3.05) is 11.4 Å². The van der Waals surface area contributed by atoms with Gasteiger partial charge in [-0.1, -0.05) is 0 Å². The Hall–Kier alpha value is -2.96. The van der Waals surface area contributed by atoms with Crippen LogP contribution in [-0.4, -0.2) is 34.5 Å². The number of hydrogen-bond acceptors (Lipinski definition) is 4. The number of nitrogens with one attached hydrogen (secondary N) is 1. The number of urea groups is 1. The van der Waals surface area contributed by atoms with Gasteiger partial charge in [0.15, 0.2) is 0 Å². The molecule has 0 aliphatic carbocycles. The zero-order valence-electron chi connectivity index (χ0n) is 10.9. The molecule has 7 nitrogen and oxygen atoms in total. The normalized spacial score (nSPS) is 15.1. The van der Waals surface area contributed by atoms with Crippen molar-refractivity contribution in [1.29, 1.82) is 0 Å². The number of benzene rings is 1. The second-order valence-corrected chi connectivity index (χ2v) is 4.63. The van der Waals surface area contributed by atoms with Crippen molar-refractivity contribution in [3.8, 4) is 0 Å². The topological polar surface area (TPSA) is 99.6 Å². The van der Waals surface area contributed by atoms with Gasteiger partial charge in [0.05, 0.1) is 5.56 Å². The van der Waals surface area contributed by atoms with Gasteiger partial charge in [-0.15, -0.1) is 0 Å². The number of hydrogen-bond donors (Lipinski definition) is 2.